The van der Waals surface area contributed by atoms with Gasteiger partial charge in [-0.1, -0.05) is 23.7 Å². The van der Waals surface area contributed by atoms with Crippen molar-refractivity contribution in [2.24, 2.45) is 5.73 Å². The van der Waals surface area contributed by atoms with Gasteiger partial charge in [0.2, 0.25) is 15.9 Å². The third kappa shape index (κ3) is 5.25. The Morgan fingerprint density at radius 2 is 1.45 bits per heavy atom. The number of carbonyl (C=O) groups is 1. The summed E-state index contributed by atoms with van der Waals surface area (Å²) in [5.41, 5.74) is 5.51. The van der Waals surface area contributed by atoms with Crippen molar-refractivity contribution in [3.05, 3.63) is 100 Å². The third-order valence-electron chi connectivity index (χ3n) is 4.43. The Kier molecular flexibility index (Phi) is 6.68. The molecule has 1 atom stereocenters. The predicted molar refractivity (Wildman–Crippen MR) is 109 cm³/mol. The summed E-state index contributed by atoms with van der Waals surface area (Å²) in [6, 6.07) is 10.5. The molecule has 1 amide bonds. The highest BCUT2D eigenvalue weighted by molar-refractivity contribution is 7.89. The number of primary amides is 1. The van der Waals surface area contributed by atoms with Crippen molar-refractivity contribution < 1.29 is 26.4 Å². The summed E-state index contributed by atoms with van der Waals surface area (Å²) < 4.78 is 68.5. The molecule has 3 rings (SSSR count). The first-order valence-electron chi connectivity index (χ1n) is 8.85. The van der Waals surface area contributed by atoms with Gasteiger partial charge in [0.05, 0.1) is 4.90 Å². The van der Waals surface area contributed by atoms with Gasteiger partial charge >= 0.3 is 0 Å². The summed E-state index contributed by atoms with van der Waals surface area (Å²) >= 11 is 5.83. The first-order chi connectivity index (χ1) is 14.6. The van der Waals surface area contributed by atoms with Crippen LogP contribution in [0.2, 0.25) is 5.02 Å². The van der Waals surface area contributed by atoms with Gasteiger partial charge in [-0.2, -0.15) is 4.31 Å². The molecule has 0 saturated heterocycles. The number of amides is 1. The average Bonchev–Trinajstić information content (AvgIpc) is 2.68. The Morgan fingerprint density at radius 3 is 1.97 bits per heavy atom. The molecule has 5 nitrogen and oxygen atoms in total. The van der Waals surface area contributed by atoms with Crippen molar-refractivity contribution >= 4 is 27.5 Å². The van der Waals surface area contributed by atoms with E-state index in [1.54, 1.807) is 0 Å². The van der Waals surface area contributed by atoms with Gasteiger partial charge in [-0.25, -0.2) is 21.6 Å². The highest BCUT2D eigenvalue weighted by atomic mass is 35.5. The summed E-state index contributed by atoms with van der Waals surface area (Å²) in [6.07, 6.45) is 0. The van der Waals surface area contributed by atoms with E-state index in [1.165, 1.54) is 36.4 Å². The van der Waals surface area contributed by atoms with Gasteiger partial charge in [0, 0.05) is 17.6 Å². The molecule has 0 heterocycles. The molecule has 2 N–H and O–H groups in total. The van der Waals surface area contributed by atoms with Crippen LogP contribution in [0.1, 0.15) is 17.2 Å². The van der Waals surface area contributed by atoms with Crippen LogP contribution in [0.5, 0.6) is 0 Å². The third-order valence-corrected chi connectivity index (χ3v) is 6.51. The maximum atomic E-state index is 13.8. The average molecular weight is 469 g/mol. The molecule has 3 aromatic rings. The number of rotatable bonds is 7. The largest absolute Gasteiger partial charge is 0.368 e. The zero-order valence-electron chi connectivity index (χ0n) is 15.8. The van der Waals surface area contributed by atoms with E-state index in [0.29, 0.717) is 15.9 Å². The van der Waals surface area contributed by atoms with E-state index in [0.717, 1.165) is 24.3 Å². The van der Waals surface area contributed by atoms with Gasteiger partial charge in [-0.3, -0.25) is 4.79 Å². The monoisotopic (exact) mass is 468 g/mol. The predicted octanol–water partition coefficient (Wildman–Crippen LogP) is 4.17. The number of nitrogens with two attached hydrogens (primary N) is 1. The van der Waals surface area contributed by atoms with Crippen molar-refractivity contribution in [3.8, 4) is 0 Å². The van der Waals surface area contributed by atoms with Gasteiger partial charge in [0.1, 0.15) is 23.5 Å². The fourth-order valence-corrected chi connectivity index (χ4v) is 4.73. The summed E-state index contributed by atoms with van der Waals surface area (Å²) in [4.78, 5) is 12.1. The molecule has 0 bridgehead atoms. The van der Waals surface area contributed by atoms with Gasteiger partial charge in [0.15, 0.2) is 0 Å². The van der Waals surface area contributed by atoms with Crippen molar-refractivity contribution in [2.45, 2.75) is 17.5 Å². The minimum absolute atomic E-state index is 0.220. The molecule has 0 aromatic heterocycles. The molecule has 10 heteroatoms. The number of hydrogen-bond donors (Lipinski definition) is 1. The van der Waals surface area contributed by atoms with Crippen LogP contribution in [0.25, 0.3) is 0 Å². The fraction of sp³-hybridized carbons (Fsp3) is 0.0952. The number of sulfonamides is 1. The maximum Gasteiger partial charge on any atom is 0.244 e. The lowest BCUT2D eigenvalue weighted by atomic mass is 10.1. The quantitative estimate of drug-likeness (QED) is 0.565. The van der Waals surface area contributed by atoms with Crippen molar-refractivity contribution in [2.75, 3.05) is 0 Å². The van der Waals surface area contributed by atoms with E-state index in [4.69, 9.17) is 17.3 Å². The molecule has 1 unspecified atom stereocenters. The Balaban J connectivity index is 2.18. The van der Waals surface area contributed by atoms with Gasteiger partial charge in [0.25, 0.3) is 0 Å². The molecular formula is C21H16ClF3N2O3S. The second kappa shape index (κ2) is 9.09. The molecule has 162 valence electrons. The van der Waals surface area contributed by atoms with Gasteiger partial charge < -0.3 is 5.73 Å². The molecule has 0 fully saturated rings. The van der Waals surface area contributed by atoms with Crippen LogP contribution in [0.3, 0.4) is 0 Å². The molecule has 0 radical (unpaired) electrons. The number of nitrogens with zero attached hydrogens (tertiary/aromatic N) is 1. The molecule has 0 spiro atoms. The Hall–Kier alpha value is -2.88. The Morgan fingerprint density at radius 1 is 0.903 bits per heavy atom. The lowest BCUT2D eigenvalue weighted by Gasteiger charge is -2.29. The maximum absolute atomic E-state index is 13.8. The van der Waals surface area contributed by atoms with E-state index in [2.05, 4.69) is 0 Å². The Labute approximate surface area is 181 Å². The lowest BCUT2D eigenvalue weighted by Crippen LogP contribution is -2.41. The van der Waals surface area contributed by atoms with E-state index in [-0.39, 0.29) is 15.5 Å². The first-order valence-corrected chi connectivity index (χ1v) is 10.7. The summed E-state index contributed by atoms with van der Waals surface area (Å²) in [6.45, 7) is -0.420. The highest BCUT2D eigenvalue weighted by Crippen LogP contribution is 2.31. The van der Waals surface area contributed by atoms with Crippen LogP contribution in [-0.2, 0) is 21.4 Å². The number of carbonyl (C=O) groups excluding carboxylic acids is 1. The van der Waals surface area contributed by atoms with E-state index in [1.807, 2.05) is 0 Å². The van der Waals surface area contributed by atoms with Crippen molar-refractivity contribution in [1.29, 1.82) is 0 Å². The molecule has 0 saturated carbocycles. The van der Waals surface area contributed by atoms with Crippen LogP contribution < -0.4 is 5.73 Å². The summed E-state index contributed by atoms with van der Waals surface area (Å²) in [7, 11) is -4.41. The second-order valence-electron chi connectivity index (χ2n) is 6.64. The van der Waals surface area contributed by atoms with E-state index < -0.39 is 46.0 Å². The van der Waals surface area contributed by atoms with Crippen LogP contribution >= 0.6 is 11.6 Å². The van der Waals surface area contributed by atoms with Crippen LogP contribution in [0.4, 0.5) is 13.2 Å². The topological polar surface area (TPSA) is 80.5 Å². The minimum atomic E-state index is -4.41. The number of halogens is 4. The first kappa shape index (κ1) is 22.8. The van der Waals surface area contributed by atoms with Crippen LogP contribution in [0, 0.1) is 17.5 Å². The molecule has 31 heavy (non-hydrogen) atoms. The zero-order valence-corrected chi connectivity index (χ0v) is 17.4. The summed E-state index contributed by atoms with van der Waals surface area (Å²) in [5, 5.41) is 0.280. The van der Waals surface area contributed by atoms with Crippen LogP contribution in [0.15, 0.2) is 71.6 Å². The van der Waals surface area contributed by atoms with Crippen molar-refractivity contribution in [1.82, 2.24) is 4.31 Å². The summed E-state index contributed by atoms with van der Waals surface area (Å²) in [5.74, 6) is -3.71. The molecule has 3 aromatic carbocycles. The number of hydrogen-bond acceptors (Lipinski definition) is 3. The molecule has 0 aliphatic heterocycles. The van der Waals surface area contributed by atoms with Crippen LogP contribution in [-0.4, -0.2) is 18.6 Å². The minimum Gasteiger partial charge on any atom is -0.368 e. The highest BCUT2D eigenvalue weighted by Gasteiger charge is 2.36. The van der Waals surface area contributed by atoms with Crippen molar-refractivity contribution in [3.63, 3.8) is 0 Å². The normalized spacial score (nSPS) is 12.7. The molecule has 0 aliphatic carbocycles. The SMILES string of the molecule is NC(=O)C(c1cc(F)cc(F)c1)N(Cc1ccc(F)cc1)S(=O)(=O)c1ccc(Cl)cc1. The fourth-order valence-electron chi connectivity index (χ4n) is 3.03. The zero-order chi connectivity index (χ0) is 22.8. The standard InChI is InChI=1S/C21H16ClF3N2O3S/c22-15-3-7-19(8-4-15)31(29,30)27(12-13-1-5-16(23)6-2-13)20(21(26)28)14-9-17(24)11-18(25)10-14/h1-11,20H,12H2,(H2,26,28). The Bertz CT molecular complexity index is 1180. The van der Waals surface area contributed by atoms with Gasteiger partial charge in [-0.05, 0) is 59.7 Å². The van der Waals surface area contributed by atoms with E-state index in [9.17, 15) is 26.4 Å². The molecular weight excluding hydrogens is 453 g/mol. The smallest absolute Gasteiger partial charge is 0.244 e. The van der Waals surface area contributed by atoms with E-state index >= 15 is 0 Å². The second-order valence-corrected chi connectivity index (χ2v) is 8.97. The number of benzene rings is 3. The van der Waals surface area contributed by atoms with Gasteiger partial charge in [-0.15, -0.1) is 0 Å². The lowest BCUT2D eigenvalue weighted by molar-refractivity contribution is -0.122. The molecule has 0 aliphatic rings.